The van der Waals surface area contributed by atoms with E-state index in [1.807, 2.05) is 0 Å². The molecule has 1 aliphatic rings. The number of nitriles is 1. The van der Waals surface area contributed by atoms with Crippen molar-refractivity contribution in [2.24, 2.45) is 0 Å². The highest BCUT2D eigenvalue weighted by atomic mass is 32.1. The monoisotopic (exact) mass is 274 g/mol. The van der Waals surface area contributed by atoms with Crippen molar-refractivity contribution in [1.29, 1.82) is 5.26 Å². The third kappa shape index (κ3) is 1.61. The van der Waals surface area contributed by atoms with Gasteiger partial charge in [0.25, 0.3) is 0 Å². The standard InChI is InChI=1S/C12H10N4O2S/c13-3-5-6(4-1-2-4)7-8(14)9(12(17)18)19-11(7)16-10(5)15/h4H,1-2,14H2,(H2,15,16)(H,17,18). The van der Waals surface area contributed by atoms with Crippen LogP contribution in [-0.4, -0.2) is 16.1 Å². The molecule has 0 bridgehead atoms. The SMILES string of the molecule is N#Cc1c(N)nc2sc(C(=O)O)c(N)c2c1C1CC1. The van der Waals surface area contributed by atoms with Crippen molar-refractivity contribution < 1.29 is 9.90 Å². The lowest BCUT2D eigenvalue weighted by Crippen LogP contribution is -2.02. The molecule has 6 nitrogen and oxygen atoms in total. The Bertz CT molecular complexity index is 755. The molecule has 19 heavy (non-hydrogen) atoms. The average molecular weight is 274 g/mol. The summed E-state index contributed by atoms with van der Waals surface area (Å²) in [5, 5.41) is 18.9. The molecule has 1 fully saturated rings. The molecule has 0 unspecified atom stereocenters. The van der Waals surface area contributed by atoms with E-state index in [0.29, 0.717) is 15.8 Å². The predicted octanol–water partition coefficient (Wildman–Crippen LogP) is 1.91. The summed E-state index contributed by atoms with van der Waals surface area (Å²) in [7, 11) is 0. The van der Waals surface area contributed by atoms with Gasteiger partial charge in [-0.25, -0.2) is 9.78 Å². The molecule has 2 aromatic heterocycles. The molecule has 2 heterocycles. The predicted molar refractivity (Wildman–Crippen MR) is 72.1 cm³/mol. The van der Waals surface area contributed by atoms with Gasteiger partial charge < -0.3 is 16.6 Å². The minimum Gasteiger partial charge on any atom is -0.477 e. The average Bonchev–Trinajstić information content (AvgIpc) is 3.13. The Kier molecular flexibility index (Phi) is 2.37. The first-order chi connectivity index (χ1) is 9.04. The maximum atomic E-state index is 11.1. The molecule has 5 N–H and O–H groups in total. The third-order valence-electron chi connectivity index (χ3n) is 3.24. The van der Waals surface area contributed by atoms with E-state index in [0.717, 1.165) is 29.7 Å². The van der Waals surface area contributed by atoms with Crippen LogP contribution < -0.4 is 11.5 Å². The van der Waals surface area contributed by atoms with Crippen LogP contribution in [0.25, 0.3) is 10.2 Å². The molecule has 0 aliphatic heterocycles. The largest absolute Gasteiger partial charge is 0.477 e. The van der Waals surface area contributed by atoms with E-state index in [1.165, 1.54) is 0 Å². The number of carboxylic acids is 1. The lowest BCUT2D eigenvalue weighted by molar-refractivity contribution is 0.0703. The number of nitrogen functional groups attached to an aromatic ring is 2. The van der Waals surface area contributed by atoms with Gasteiger partial charge >= 0.3 is 5.97 Å². The molecule has 0 saturated heterocycles. The number of carbonyl (C=O) groups is 1. The molecular weight excluding hydrogens is 264 g/mol. The van der Waals surface area contributed by atoms with Crippen LogP contribution in [0.15, 0.2) is 0 Å². The van der Waals surface area contributed by atoms with Crippen molar-refractivity contribution in [2.45, 2.75) is 18.8 Å². The fraction of sp³-hybridized carbons (Fsp3) is 0.250. The Hall–Kier alpha value is -2.33. The summed E-state index contributed by atoms with van der Waals surface area (Å²) >= 11 is 1.000. The normalized spacial score (nSPS) is 14.5. The van der Waals surface area contributed by atoms with Crippen LogP contribution in [0.3, 0.4) is 0 Å². The molecule has 1 aliphatic carbocycles. The number of aromatic carboxylic acids is 1. The van der Waals surface area contributed by atoms with Gasteiger partial charge in [0.05, 0.1) is 11.3 Å². The fourth-order valence-electron chi connectivity index (χ4n) is 2.26. The third-order valence-corrected chi connectivity index (χ3v) is 4.32. The maximum Gasteiger partial charge on any atom is 0.348 e. The lowest BCUT2D eigenvalue weighted by Gasteiger charge is -2.07. The Morgan fingerprint density at radius 1 is 1.47 bits per heavy atom. The topological polar surface area (TPSA) is 126 Å². The summed E-state index contributed by atoms with van der Waals surface area (Å²) in [4.78, 5) is 15.8. The van der Waals surface area contributed by atoms with Gasteiger partial charge in [-0.2, -0.15) is 5.26 Å². The van der Waals surface area contributed by atoms with Crippen LogP contribution in [0.5, 0.6) is 0 Å². The quantitative estimate of drug-likeness (QED) is 0.767. The molecule has 3 rings (SSSR count). The summed E-state index contributed by atoms with van der Waals surface area (Å²) in [6, 6.07) is 2.06. The van der Waals surface area contributed by atoms with Gasteiger partial charge in [-0.05, 0) is 24.3 Å². The zero-order valence-corrected chi connectivity index (χ0v) is 10.6. The molecule has 7 heteroatoms. The van der Waals surface area contributed by atoms with Gasteiger partial charge in [-0.1, -0.05) is 0 Å². The zero-order valence-electron chi connectivity index (χ0n) is 9.80. The second-order valence-corrected chi connectivity index (χ2v) is 5.50. The molecule has 0 aromatic carbocycles. The van der Waals surface area contributed by atoms with Crippen LogP contribution in [-0.2, 0) is 0 Å². The molecule has 2 aromatic rings. The zero-order chi connectivity index (χ0) is 13.7. The number of hydrogen-bond donors (Lipinski definition) is 3. The molecular formula is C12H10N4O2S. The molecule has 0 atom stereocenters. The number of thiophene rings is 1. The summed E-state index contributed by atoms with van der Waals surface area (Å²) in [6.07, 6.45) is 1.93. The number of nitrogens with two attached hydrogens (primary N) is 2. The van der Waals surface area contributed by atoms with Crippen molar-refractivity contribution in [1.82, 2.24) is 4.98 Å². The summed E-state index contributed by atoms with van der Waals surface area (Å²) in [5.41, 5.74) is 13.0. The number of rotatable bonds is 2. The van der Waals surface area contributed by atoms with Crippen molar-refractivity contribution in [3.05, 3.63) is 16.0 Å². The second kappa shape index (κ2) is 3.83. The van der Waals surface area contributed by atoms with E-state index in [4.69, 9.17) is 16.6 Å². The molecule has 0 radical (unpaired) electrons. The number of fused-ring (bicyclic) bond motifs is 1. The van der Waals surface area contributed by atoms with Crippen LogP contribution in [0.2, 0.25) is 0 Å². The highest BCUT2D eigenvalue weighted by Crippen LogP contribution is 2.49. The van der Waals surface area contributed by atoms with Gasteiger partial charge in [0.1, 0.15) is 21.6 Å². The first-order valence-corrected chi connectivity index (χ1v) is 6.51. The van der Waals surface area contributed by atoms with Gasteiger partial charge in [0, 0.05) is 5.39 Å². The minimum atomic E-state index is -1.08. The first kappa shape index (κ1) is 11.7. The first-order valence-electron chi connectivity index (χ1n) is 5.69. The van der Waals surface area contributed by atoms with Crippen molar-refractivity contribution >= 4 is 39.0 Å². The number of nitrogens with zero attached hydrogens (tertiary/aromatic N) is 2. The van der Waals surface area contributed by atoms with E-state index >= 15 is 0 Å². The number of anilines is 2. The van der Waals surface area contributed by atoms with E-state index < -0.39 is 5.97 Å². The lowest BCUT2D eigenvalue weighted by atomic mass is 10.0. The molecule has 0 spiro atoms. The van der Waals surface area contributed by atoms with Gasteiger partial charge in [0.2, 0.25) is 0 Å². The van der Waals surface area contributed by atoms with Crippen LogP contribution in [0.4, 0.5) is 11.5 Å². The van der Waals surface area contributed by atoms with Crippen molar-refractivity contribution in [2.75, 3.05) is 11.5 Å². The molecule has 0 amide bonds. The summed E-state index contributed by atoms with van der Waals surface area (Å²) < 4.78 is 0. The van der Waals surface area contributed by atoms with Crippen LogP contribution >= 0.6 is 11.3 Å². The van der Waals surface area contributed by atoms with E-state index in [-0.39, 0.29) is 22.3 Å². The van der Waals surface area contributed by atoms with Crippen molar-refractivity contribution in [3.63, 3.8) is 0 Å². The smallest absolute Gasteiger partial charge is 0.348 e. The Morgan fingerprint density at radius 2 is 2.16 bits per heavy atom. The van der Waals surface area contributed by atoms with Crippen LogP contribution in [0.1, 0.15) is 39.6 Å². The van der Waals surface area contributed by atoms with Crippen molar-refractivity contribution in [3.8, 4) is 6.07 Å². The Morgan fingerprint density at radius 3 is 2.68 bits per heavy atom. The Labute approximate surface area is 112 Å². The summed E-state index contributed by atoms with van der Waals surface area (Å²) in [5.74, 6) is -0.699. The highest BCUT2D eigenvalue weighted by Gasteiger charge is 2.32. The van der Waals surface area contributed by atoms with Gasteiger partial charge in [-0.15, -0.1) is 11.3 Å². The number of hydrogen-bond acceptors (Lipinski definition) is 6. The van der Waals surface area contributed by atoms with Gasteiger partial charge in [-0.3, -0.25) is 0 Å². The van der Waals surface area contributed by atoms with Gasteiger partial charge in [0.15, 0.2) is 0 Å². The number of aromatic nitrogens is 1. The minimum absolute atomic E-state index is 0.0545. The van der Waals surface area contributed by atoms with E-state index in [2.05, 4.69) is 11.1 Å². The maximum absolute atomic E-state index is 11.1. The fourth-order valence-corrected chi connectivity index (χ4v) is 3.21. The number of pyridine rings is 1. The Balaban J connectivity index is 2.45. The highest BCUT2D eigenvalue weighted by molar-refractivity contribution is 7.21. The molecule has 1 saturated carbocycles. The van der Waals surface area contributed by atoms with E-state index in [9.17, 15) is 10.1 Å². The molecule has 96 valence electrons. The summed E-state index contributed by atoms with van der Waals surface area (Å²) in [6.45, 7) is 0. The second-order valence-electron chi connectivity index (χ2n) is 4.50. The van der Waals surface area contributed by atoms with E-state index in [1.54, 1.807) is 0 Å². The number of carboxylic acid groups (broad SMARTS) is 1. The van der Waals surface area contributed by atoms with Crippen LogP contribution in [0, 0.1) is 11.3 Å².